The molecule has 0 amide bonds. The molecule has 0 aliphatic heterocycles. The van der Waals surface area contributed by atoms with Crippen LogP contribution in [-0.4, -0.2) is 54.5 Å². The fourth-order valence-electron chi connectivity index (χ4n) is 4.21. The zero-order chi connectivity index (χ0) is 32.1. The maximum atomic E-state index is 13.5. The van der Waals surface area contributed by atoms with Crippen LogP contribution in [0.4, 0.5) is 26.3 Å². The Labute approximate surface area is 254 Å². The topological polar surface area (TPSA) is 114 Å². The fraction of sp³-hybridized carbons (Fsp3) is 0.346. The van der Waals surface area contributed by atoms with Crippen LogP contribution in [0.2, 0.25) is 10.0 Å². The van der Waals surface area contributed by atoms with Crippen molar-refractivity contribution in [2.75, 3.05) is 7.11 Å². The van der Waals surface area contributed by atoms with E-state index in [-0.39, 0.29) is 39.3 Å². The minimum absolute atomic E-state index is 0.0450. The molecule has 8 nitrogen and oxygen atoms in total. The minimum Gasteiger partial charge on any atom is -0.497 e. The van der Waals surface area contributed by atoms with Crippen molar-refractivity contribution in [2.24, 2.45) is 0 Å². The Bertz CT molecular complexity index is 1620. The number of aromatic nitrogens is 4. The lowest BCUT2D eigenvalue weighted by atomic mass is 9.91. The average Bonchev–Trinajstić information content (AvgIpc) is 3.53. The van der Waals surface area contributed by atoms with Crippen LogP contribution in [0.25, 0.3) is 21.3 Å². The monoisotopic (exact) mass is 670 g/mol. The molecule has 17 heteroatoms. The zero-order valence-corrected chi connectivity index (χ0v) is 24.7. The first-order valence-electron chi connectivity index (χ1n) is 12.1. The van der Waals surface area contributed by atoms with Gasteiger partial charge in [-0.2, -0.15) is 26.3 Å². The van der Waals surface area contributed by atoms with Gasteiger partial charge in [0.15, 0.2) is 16.7 Å². The Morgan fingerprint density at radius 1 is 0.907 bits per heavy atom. The van der Waals surface area contributed by atoms with Crippen LogP contribution >= 0.6 is 34.5 Å². The second-order valence-electron chi connectivity index (χ2n) is 9.79. The number of hydrogen-bond donors (Lipinski definition) is 3. The molecule has 0 radical (unpaired) electrons. The summed E-state index contributed by atoms with van der Waals surface area (Å²) in [6.07, 6.45) is -12.4. The van der Waals surface area contributed by atoms with Crippen molar-refractivity contribution >= 4 is 34.5 Å². The molecule has 0 aliphatic rings. The molecule has 2 aromatic carbocycles. The van der Waals surface area contributed by atoms with Crippen LogP contribution in [0, 0.1) is 0 Å². The first-order chi connectivity index (χ1) is 19.8. The summed E-state index contributed by atoms with van der Waals surface area (Å²) >= 11 is 13.0. The van der Waals surface area contributed by atoms with Crippen LogP contribution < -0.4 is 4.74 Å². The Balaban J connectivity index is 1.85. The smallest absolute Gasteiger partial charge is 0.430 e. The minimum atomic E-state index is -6.18. The molecule has 0 saturated carbocycles. The molecule has 232 valence electrons. The van der Waals surface area contributed by atoms with Gasteiger partial charge in [-0.1, -0.05) is 47.5 Å². The zero-order valence-electron chi connectivity index (χ0n) is 22.3. The molecule has 43 heavy (non-hydrogen) atoms. The normalized spacial score (nSPS) is 13.1. The van der Waals surface area contributed by atoms with Crippen LogP contribution in [0.15, 0.2) is 36.4 Å². The third kappa shape index (κ3) is 5.93. The summed E-state index contributed by atoms with van der Waals surface area (Å²) in [4.78, 5) is 4.41. The Morgan fingerprint density at radius 3 is 2.02 bits per heavy atom. The summed E-state index contributed by atoms with van der Waals surface area (Å²) in [5, 5.41) is 37.1. The lowest BCUT2D eigenvalue weighted by Crippen LogP contribution is -2.54. The lowest BCUT2D eigenvalue weighted by molar-refractivity contribution is -0.376. The molecule has 0 fully saturated rings. The number of rotatable bonds is 8. The molecule has 0 aliphatic carbocycles. The van der Waals surface area contributed by atoms with Crippen LogP contribution in [-0.2, 0) is 24.4 Å². The van der Waals surface area contributed by atoms with Gasteiger partial charge in [-0.3, -0.25) is 0 Å². The van der Waals surface area contributed by atoms with Crippen molar-refractivity contribution in [3.05, 3.63) is 69.1 Å². The summed E-state index contributed by atoms with van der Waals surface area (Å²) < 4.78 is 87.7. The first-order valence-corrected chi connectivity index (χ1v) is 13.7. The Morgan fingerprint density at radius 2 is 1.51 bits per heavy atom. The molecule has 4 aromatic rings. The van der Waals surface area contributed by atoms with Gasteiger partial charge in [0.1, 0.15) is 11.4 Å². The molecule has 0 unspecified atom stereocenters. The lowest BCUT2D eigenvalue weighted by Gasteiger charge is -2.33. The SMILES string of the molecule is COc1ccc(Cn2c(-c3nc(CO)c(-c4ccc(C(O)(C(F)(F)F)C(F)(F)F)c(Cl)c4Cl)s3)nnc2C(C)(C)O)cc1. The maximum Gasteiger partial charge on any atom is 0.430 e. The number of aliphatic hydroxyl groups is 3. The molecule has 2 heterocycles. The van der Waals surface area contributed by atoms with Gasteiger partial charge in [-0.15, -0.1) is 21.5 Å². The molecule has 3 N–H and O–H groups in total. The molecule has 0 saturated heterocycles. The molecule has 0 bridgehead atoms. The van der Waals surface area contributed by atoms with Crippen LogP contribution in [0.3, 0.4) is 0 Å². The number of nitrogens with zero attached hydrogens (tertiary/aromatic N) is 4. The van der Waals surface area contributed by atoms with E-state index in [4.69, 9.17) is 27.9 Å². The molecular formula is C26H22Cl2F6N4O4S. The van der Waals surface area contributed by atoms with Crippen molar-refractivity contribution in [2.45, 2.75) is 50.6 Å². The molecule has 0 spiro atoms. The van der Waals surface area contributed by atoms with Crippen molar-refractivity contribution < 1.29 is 46.4 Å². The molecule has 2 aromatic heterocycles. The summed E-state index contributed by atoms with van der Waals surface area (Å²) in [5.74, 6) is 0.906. The van der Waals surface area contributed by atoms with E-state index in [9.17, 15) is 41.7 Å². The van der Waals surface area contributed by atoms with Gasteiger partial charge in [0, 0.05) is 11.1 Å². The largest absolute Gasteiger partial charge is 0.497 e. The van der Waals surface area contributed by atoms with Crippen molar-refractivity contribution in [3.8, 4) is 27.0 Å². The highest BCUT2D eigenvalue weighted by atomic mass is 35.5. The van der Waals surface area contributed by atoms with E-state index in [1.807, 2.05) is 0 Å². The molecular weight excluding hydrogens is 649 g/mol. The highest BCUT2D eigenvalue weighted by Crippen LogP contribution is 2.54. The number of halogens is 8. The summed E-state index contributed by atoms with van der Waals surface area (Å²) in [6.45, 7) is 2.43. The van der Waals surface area contributed by atoms with Gasteiger partial charge in [0.05, 0.1) is 40.9 Å². The summed E-state index contributed by atoms with van der Waals surface area (Å²) in [7, 11) is 1.51. The molecule has 0 atom stereocenters. The quantitative estimate of drug-likeness (QED) is 0.184. The highest BCUT2D eigenvalue weighted by molar-refractivity contribution is 7.18. The van der Waals surface area contributed by atoms with E-state index in [1.165, 1.54) is 21.0 Å². The van der Waals surface area contributed by atoms with Gasteiger partial charge in [0.2, 0.25) is 0 Å². The Hall–Kier alpha value is -2.95. The van der Waals surface area contributed by atoms with Crippen LogP contribution in [0.1, 0.15) is 36.5 Å². The summed E-state index contributed by atoms with van der Waals surface area (Å²) in [5.41, 5.74) is -7.91. The standard InChI is InChI=1S/C26H22Cl2F6N4O4S/c1-23(2,40)22-37-36-20(38(22)10-12-4-6-13(42-3)7-5-12)21-35-16(11-39)19(43-21)14-8-9-15(18(28)17(14)27)24(41,25(29,30)31)26(32,33)34/h4-9,39-41H,10-11H2,1-3H3. The van der Waals surface area contributed by atoms with Crippen LogP contribution in [0.5, 0.6) is 5.75 Å². The predicted octanol–water partition coefficient (Wildman–Crippen LogP) is 6.46. The van der Waals surface area contributed by atoms with Gasteiger partial charge in [-0.25, -0.2) is 4.98 Å². The predicted molar refractivity (Wildman–Crippen MR) is 146 cm³/mol. The molecule has 4 rings (SSSR count). The fourth-order valence-corrected chi connectivity index (χ4v) is 5.93. The van der Waals surface area contributed by atoms with Crippen molar-refractivity contribution in [1.82, 2.24) is 19.7 Å². The second kappa shape index (κ2) is 11.5. The first kappa shape index (κ1) is 33.0. The van der Waals surface area contributed by atoms with E-state index in [1.54, 1.807) is 28.8 Å². The number of aliphatic hydroxyl groups excluding tert-OH is 1. The van der Waals surface area contributed by atoms with Gasteiger partial charge in [-0.05, 0) is 31.5 Å². The van der Waals surface area contributed by atoms with Gasteiger partial charge >= 0.3 is 12.4 Å². The van der Waals surface area contributed by atoms with E-state index in [2.05, 4.69) is 15.2 Å². The Kier molecular flexibility index (Phi) is 8.83. The van der Waals surface area contributed by atoms with E-state index >= 15 is 0 Å². The number of alkyl halides is 6. The van der Waals surface area contributed by atoms with Crippen molar-refractivity contribution in [3.63, 3.8) is 0 Å². The van der Waals surface area contributed by atoms with Gasteiger partial charge in [0.25, 0.3) is 5.60 Å². The van der Waals surface area contributed by atoms with Gasteiger partial charge < -0.3 is 24.6 Å². The average molecular weight is 671 g/mol. The van der Waals surface area contributed by atoms with Crippen molar-refractivity contribution in [1.29, 1.82) is 0 Å². The number of hydrogen-bond acceptors (Lipinski definition) is 8. The number of benzene rings is 2. The summed E-state index contributed by atoms with van der Waals surface area (Å²) in [6, 6.07) is 8.17. The third-order valence-corrected chi connectivity index (χ3v) is 8.38. The van der Waals surface area contributed by atoms with E-state index in [0.29, 0.717) is 11.8 Å². The van der Waals surface area contributed by atoms with E-state index < -0.39 is 45.8 Å². The number of methoxy groups -OCH3 is 1. The maximum absolute atomic E-state index is 13.5. The second-order valence-corrected chi connectivity index (χ2v) is 11.5. The van der Waals surface area contributed by atoms with E-state index in [0.717, 1.165) is 23.0 Å². The highest BCUT2D eigenvalue weighted by Gasteiger charge is 2.72. The number of thiazole rings is 1. The third-order valence-electron chi connectivity index (χ3n) is 6.37. The number of ether oxygens (including phenoxy) is 1.